The van der Waals surface area contributed by atoms with E-state index in [0.29, 0.717) is 6.04 Å². The van der Waals surface area contributed by atoms with Crippen LogP contribution in [0.15, 0.2) is 12.2 Å². The van der Waals surface area contributed by atoms with E-state index in [1.165, 1.54) is 50.5 Å². The van der Waals surface area contributed by atoms with Crippen LogP contribution >= 0.6 is 0 Å². The van der Waals surface area contributed by atoms with E-state index in [1.807, 2.05) is 0 Å². The molecule has 0 radical (unpaired) electrons. The van der Waals surface area contributed by atoms with E-state index in [-0.39, 0.29) is 0 Å². The highest BCUT2D eigenvalue weighted by atomic mass is 14.6. The van der Waals surface area contributed by atoms with Crippen LogP contribution in [0.25, 0.3) is 0 Å². The molecule has 2 N–H and O–H groups in total. The van der Waals surface area contributed by atoms with Gasteiger partial charge in [0, 0.05) is 6.04 Å². The van der Waals surface area contributed by atoms with Crippen molar-refractivity contribution in [3.05, 3.63) is 12.2 Å². The molecule has 1 saturated carbocycles. The number of hydrogen-bond acceptors (Lipinski definition) is 1. The molecular formula is C13H25N. The molecule has 1 aliphatic carbocycles. The molecule has 0 heterocycles. The highest BCUT2D eigenvalue weighted by molar-refractivity contribution is 4.91. The van der Waals surface area contributed by atoms with Crippen LogP contribution < -0.4 is 5.73 Å². The van der Waals surface area contributed by atoms with Crippen molar-refractivity contribution in [3.63, 3.8) is 0 Å². The minimum Gasteiger partial charge on any atom is -0.327 e. The molecule has 0 aromatic rings. The van der Waals surface area contributed by atoms with Gasteiger partial charge in [-0.1, -0.05) is 37.7 Å². The summed E-state index contributed by atoms with van der Waals surface area (Å²) in [6, 6.07) is 0.356. The van der Waals surface area contributed by atoms with Crippen molar-refractivity contribution in [3.8, 4) is 0 Å². The molecule has 0 bridgehead atoms. The predicted octanol–water partition coefficient (Wildman–Crippen LogP) is 3.64. The summed E-state index contributed by atoms with van der Waals surface area (Å²) in [4.78, 5) is 0. The van der Waals surface area contributed by atoms with Gasteiger partial charge in [-0.25, -0.2) is 0 Å². The Morgan fingerprint density at radius 1 is 1.36 bits per heavy atom. The van der Waals surface area contributed by atoms with E-state index < -0.39 is 0 Å². The molecule has 82 valence electrons. The van der Waals surface area contributed by atoms with Crippen molar-refractivity contribution in [1.82, 2.24) is 0 Å². The fourth-order valence-corrected chi connectivity index (χ4v) is 2.48. The number of hydrogen-bond donors (Lipinski definition) is 1. The summed E-state index contributed by atoms with van der Waals surface area (Å²) in [6.45, 7) is 5.98. The van der Waals surface area contributed by atoms with E-state index in [1.54, 1.807) is 0 Å². The number of nitrogens with two attached hydrogens (primary N) is 1. The van der Waals surface area contributed by atoms with E-state index >= 15 is 0 Å². The molecular weight excluding hydrogens is 170 g/mol. The van der Waals surface area contributed by atoms with Crippen LogP contribution in [-0.2, 0) is 0 Å². The molecule has 0 saturated heterocycles. The Morgan fingerprint density at radius 2 is 2.00 bits per heavy atom. The smallest absolute Gasteiger partial charge is 0.00759 e. The zero-order valence-corrected chi connectivity index (χ0v) is 9.60. The lowest BCUT2D eigenvalue weighted by molar-refractivity contribution is 0.323. The summed E-state index contributed by atoms with van der Waals surface area (Å²) in [5, 5.41) is 0. The number of rotatable bonds is 5. The first-order valence-electron chi connectivity index (χ1n) is 6.08. The highest BCUT2D eigenvalue weighted by Gasteiger charge is 2.14. The van der Waals surface area contributed by atoms with Crippen molar-refractivity contribution in [1.29, 1.82) is 0 Å². The minimum atomic E-state index is 0.356. The minimum absolute atomic E-state index is 0.356. The summed E-state index contributed by atoms with van der Waals surface area (Å²) < 4.78 is 0. The van der Waals surface area contributed by atoms with Gasteiger partial charge in [-0.05, 0) is 32.1 Å². The van der Waals surface area contributed by atoms with Crippen LogP contribution in [0, 0.1) is 5.92 Å². The van der Waals surface area contributed by atoms with Gasteiger partial charge in [0.25, 0.3) is 0 Å². The van der Waals surface area contributed by atoms with Gasteiger partial charge in [-0.15, -0.1) is 6.58 Å². The van der Waals surface area contributed by atoms with Gasteiger partial charge < -0.3 is 5.73 Å². The molecule has 14 heavy (non-hydrogen) atoms. The molecule has 1 fully saturated rings. The maximum Gasteiger partial charge on any atom is 0.00759 e. The molecule has 1 aliphatic rings. The largest absolute Gasteiger partial charge is 0.327 e. The Morgan fingerprint density at radius 3 is 2.57 bits per heavy atom. The van der Waals surface area contributed by atoms with Crippen molar-refractivity contribution in [2.45, 2.75) is 64.3 Å². The first-order valence-corrected chi connectivity index (χ1v) is 6.08. The molecule has 1 rings (SSSR count). The van der Waals surface area contributed by atoms with Crippen LogP contribution in [0.2, 0.25) is 0 Å². The second-order valence-corrected chi connectivity index (χ2v) is 5.00. The van der Waals surface area contributed by atoms with Gasteiger partial charge in [-0.2, -0.15) is 0 Å². The van der Waals surface area contributed by atoms with Crippen molar-refractivity contribution < 1.29 is 0 Å². The molecule has 1 atom stereocenters. The third kappa shape index (κ3) is 4.80. The second-order valence-electron chi connectivity index (χ2n) is 5.00. The maximum atomic E-state index is 6.03. The van der Waals surface area contributed by atoms with E-state index in [9.17, 15) is 0 Å². The van der Waals surface area contributed by atoms with Gasteiger partial charge >= 0.3 is 0 Å². The van der Waals surface area contributed by atoms with Crippen LogP contribution in [0.1, 0.15) is 58.3 Å². The summed E-state index contributed by atoms with van der Waals surface area (Å²) in [5.41, 5.74) is 7.25. The van der Waals surface area contributed by atoms with Crippen molar-refractivity contribution in [2.75, 3.05) is 0 Å². The predicted molar refractivity (Wildman–Crippen MR) is 63.2 cm³/mol. The Bertz CT molecular complexity index is 168. The van der Waals surface area contributed by atoms with Gasteiger partial charge in [0.05, 0.1) is 0 Å². The topological polar surface area (TPSA) is 26.0 Å². The van der Waals surface area contributed by atoms with Gasteiger partial charge in [0.2, 0.25) is 0 Å². The van der Waals surface area contributed by atoms with E-state index in [0.717, 1.165) is 12.3 Å². The Labute approximate surface area is 88.8 Å². The normalized spacial score (nSPS) is 20.7. The lowest BCUT2D eigenvalue weighted by atomic mass is 9.85. The molecule has 0 aromatic heterocycles. The summed E-state index contributed by atoms with van der Waals surface area (Å²) in [6.07, 6.45) is 10.8. The Hall–Kier alpha value is -0.300. The molecule has 1 heteroatoms. The average Bonchev–Trinajstić information content (AvgIpc) is 2.15. The Balaban J connectivity index is 2.09. The van der Waals surface area contributed by atoms with Crippen LogP contribution in [-0.4, -0.2) is 6.04 Å². The van der Waals surface area contributed by atoms with Gasteiger partial charge in [0.15, 0.2) is 0 Å². The molecule has 1 nitrogen and oxygen atoms in total. The molecule has 0 amide bonds. The molecule has 0 aliphatic heterocycles. The molecule has 1 unspecified atom stereocenters. The van der Waals surface area contributed by atoms with E-state index in [2.05, 4.69) is 13.5 Å². The highest BCUT2D eigenvalue weighted by Crippen LogP contribution is 2.27. The average molecular weight is 195 g/mol. The maximum absolute atomic E-state index is 6.03. The summed E-state index contributed by atoms with van der Waals surface area (Å²) in [5.74, 6) is 0.972. The lowest BCUT2D eigenvalue weighted by Crippen LogP contribution is -2.21. The third-order valence-electron chi connectivity index (χ3n) is 3.28. The van der Waals surface area contributed by atoms with Gasteiger partial charge in [0.1, 0.15) is 0 Å². The second kappa shape index (κ2) is 6.23. The first kappa shape index (κ1) is 11.8. The Kier molecular flexibility index (Phi) is 5.24. The fourth-order valence-electron chi connectivity index (χ4n) is 2.48. The first-order chi connectivity index (χ1) is 6.68. The molecule has 0 aromatic carbocycles. The van der Waals surface area contributed by atoms with Gasteiger partial charge in [-0.3, -0.25) is 0 Å². The molecule has 0 spiro atoms. The summed E-state index contributed by atoms with van der Waals surface area (Å²) >= 11 is 0. The van der Waals surface area contributed by atoms with Crippen molar-refractivity contribution in [2.24, 2.45) is 11.7 Å². The zero-order chi connectivity index (χ0) is 10.4. The monoisotopic (exact) mass is 195 g/mol. The quantitative estimate of drug-likeness (QED) is 0.666. The van der Waals surface area contributed by atoms with Crippen molar-refractivity contribution >= 4 is 0 Å². The lowest BCUT2D eigenvalue weighted by Gasteiger charge is -2.22. The zero-order valence-electron chi connectivity index (χ0n) is 9.60. The standard InChI is InChI=1S/C13H25N/c1-11(2)10-13(14)9-8-12-6-4-3-5-7-12/h12-13H,1,3-10,14H2,2H3. The fraction of sp³-hybridized carbons (Fsp3) is 0.846. The third-order valence-corrected chi connectivity index (χ3v) is 3.28. The van der Waals surface area contributed by atoms with E-state index in [4.69, 9.17) is 5.73 Å². The summed E-state index contributed by atoms with van der Waals surface area (Å²) in [7, 11) is 0. The van der Waals surface area contributed by atoms with Crippen LogP contribution in [0.4, 0.5) is 0 Å². The van der Waals surface area contributed by atoms with Crippen LogP contribution in [0.3, 0.4) is 0 Å². The SMILES string of the molecule is C=C(C)CC(N)CCC1CCCCC1. The van der Waals surface area contributed by atoms with Crippen LogP contribution in [0.5, 0.6) is 0 Å².